The van der Waals surface area contributed by atoms with Crippen molar-refractivity contribution in [3.05, 3.63) is 75.8 Å². The molecule has 2 aromatic carbocycles. The monoisotopic (exact) mass is 490 g/mol. The van der Waals surface area contributed by atoms with Crippen molar-refractivity contribution in [2.75, 3.05) is 7.11 Å². The van der Waals surface area contributed by atoms with Crippen LogP contribution in [0.25, 0.3) is 22.2 Å². The number of methoxy groups -OCH3 is 1. The Bertz CT molecular complexity index is 1450. The van der Waals surface area contributed by atoms with Gasteiger partial charge in [0.05, 0.1) is 5.56 Å². The number of rotatable bonds is 8. The van der Waals surface area contributed by atoms with Gasteiger partial charge in [-0.2, -0.15) is 0 Å². The number of aromatic amines is 1. The molecule has 0 spiro atoms. The summed E-state index contributed by atoms with van der Waals surface area (Å²) >= 11 is 0. The first-order valence-electron chi connectivity index (χ1n) is 11.7. The number of carbonyl (C=O) groups is 1. The smallest absolute Gasteiger partial charge is 0.336 e. The van der Waals surface area contributed by atoms with Crippen molar-refractivity contribution in [3.63, 3.8) is 0 Å². The van der Waals surface area contributed by atoms with Gasteiger partial charge in [0, 0.05) is 20.1 Å². The Labute approximate surface area is 208 Å². The molecule has 36 heavy (non-hydrogen) atoms. The van der Waals surface area contributed by atoms with E-state index < -0.39 is 12.3 Å². The minimum atomic E-state index is -0.972. The Morgan fingerprint density at radius 3 is 2.47 bits per heavy atom. The molecule has 9 heteroatoms. The van der Waals surface area contributed by atoms with Crippen molar-refractivity contribution in [1.29, 1.82) is 0 Å². The van der Waals surface area contributed by atoms with E-state index in [1.165, 1.54) is 7.11 Å². The third-order valence-corrected chi connectivity index (χ3v) is 5.78. The predicted molar refractivity (Wildman–Crippen MR) is 136 cm³/mol. The highest BCUT2D eigenvalue weighted by atomic mass is 16.7. The number of aromatic carboxylic acids is 1. The topological polar surface area (TPSA) is 119 Å². The fourth-order valence-corrected chi connectivity index (χ4v) is 4.05. The Morgan fingerprint density at radius 2 is 1.83 bits per heavy atom. The Hall–Kier alpha value is -3.98. The lowest BCUT2D eigenvalue weighted by Gasteiger charge is -2.19. The van der Waals surface area contributed by atoms with Crippen LogP contribution in [0, 0.1) is 5.41 Å². The van der Waals surface area contributed by atoms with Gasteiger partial charge in [-0.25, -0.2) is 14.9 Å². The highest BCUT2D eigenvalue weighted by Crippen LogP contribution is 2.28. The van der Waals surface area contributed by atoms with Crippen molar-refractivity contribution >= 4 is 17.0 Å². The zero-order chi connectivity index (χ0) is 26.0. The fraction of sp³-hybridized carbons (Fsp3) is 0.333. The van der Waals surface area contributed by atoms with Gasteiger partial charge in [0.25, 0.3) is 11.4 Å². The first kappa shape index (κ1) is 25.1. The number of nitrogens with one attached hydrogen (secondary N) is 1. The summed E-state index contributed by atoms with van der Waals surface area (Å²) in [7, 11) is 1.52. The van der Waals surface area contributed by atoms with Crippen molar-refractivity contribution < 1.29 is 19.4 Å². The molecule has 4 aromatic rings. The van der Waals surface area contributed by atoms with E-state index in [9.17, 15) is 14.7 Å². The van der Waals surface area contributed by atoms with Gasteiger partial charge in [-0.15, -0.1) is 5.10 Å². The van der Waals surface area contributed by atoms with Crippen LogP contribution in [0.5, 0.6) is 5.88 Å². The Kier molecular flexibility index (Phi) is 6.94. The molecule has 0 aliphatic heterocycles. The molecule has 4 rings (SSSR count). The van der Waals surface area contributed by atoms with E-state index >= 15 is 0 Å². The van der Waals surface area contributed by atoms with E-state index in [0.29, 0.717) is 29.6 Å². The van der Waals surface area contributed by atoms with E-state index in [-0.39, 0.29) is 22.4 Å². The molecule has 0 aliphatic rings. The number of fused-ring (bicyclic) bond motifs is 1. The molecule has 1 atom stereocenters. The van der Waals surface area contributed by atoms with Crippen LogP contribution in [-0.4, -0.2) is 44.2 Å². The summed E-state index contributed by atoms with van der Waals surface area (Å²) in [6, 6.07) is 14.5. The maximum atomic E-state index is 12.9. The summed E-state index contributed by atoms with van der Waals surface area (Å²) in [6.45, 7) is 8.46. The fourth-order valence-electron chi connectivity index (χ4n) is 4.05. The molecule has 188 valence electrons. The quantitative estimate of drug-likeness (QED) is 0.349. The maximum absolute atomic E-state index is 12.9. The molecule has 0 amide bonds. The summed E-state index contributed by atoms with van der Waals surface area (Å²) in [4.78, 5) is 29.3. The number of carboxylic acids is 1. The van der Waals surface area contributed by atoms with E-state index in [2.05, 4.69) is 31.0 Å². The second-order valence-electron chi connectivity index (χ2n) is 9.88. The normalized spacial score (nSPS) is 12.6. The second-order valence-corrected chi connectivity index (χ2v) is 9.88. The molecule has 1 unspecified atom stereocenters. The van der Waals surface area contributed by atoms with Gasteiger partial charge >= 0.3 is 5.97 Å². The highest BCUT2D eigenvalue weighted by molar-refractivity contribution is 5.96. The highest BCUT2D eigenvalue weighted by Gasteiger charge is 2.24. The van der Waals surface area contributed by atoms with E-state index in [1.807, 2.05) is 34.9 Å². The lowest BCUT2D eigenvalue weighted by Crippen LogP contribution is -2.19. The number of H-pyrrole nitrogens is 1. The molecule has 0 fully saturated rings. The molecule has 0 radical (unpaired) electrons. The van der Waals surface area contributed by atoms with Crippen molar-refractivity contribution in [2.45, 2.75) is 47.0 Å². The van der Waals surface area contributed by atoms with Crippen LogP contribution < -0.4 is 10.3 Å². The summed E-state index contributed by atoms with van der Waals surface area (Å²) in [5.74, 6) is -0.0280. The number of benzene rings is 2. The van der Waals surface area contributed by atoms with Gasteiger partial charge in [0.15, 0.2) is 11.8 Å². The van der Waals surface area contributed by atoms with Gasteiger partial charge in [0.1, 0.15) is 11.3 Å². The SMILES string of the molecule is COC(C)Oc1n[nH]c(=O)c2c1nc(CC(C)(C)C)n2Cc1ccc(-c2ccccc2C(=O)O)cc1. The average molecular weight is 491 g/mol. The minimum Gasteiger partial charge on any atom is -0.478 e. The number of aromatic nitrogens is 4. The number of hydrogen-bond acceptors (Lipinski definition) is 6. The molecular weight excluding hydrogens is 460 g/mol. The largest absolute Gasteiger partial charge is 0.478 e. The third kappa shape index (κ3) is 5.31. The summed E-state index contributed by atoms with van der Waals surface area (Å²) in [5.41, 5.74) is 2.95. The van der Waals surface area contributed by atoms with Gasteiger partial charge < -0.3 is 19.1 Å². The first-order chi connectivity index (χ1) is 17.1. The molecule has 2 heterocycles. The number of imidazole rings is 1. The zero-order valence-corrected chi connectivity index (χ0v) is 21.0. The van der Waals surface area contributed by atoms with E-state index in [0.717, 1.165) is 17.0 Å². The van der Waals surface area contributed by atoms with Crippen molar-refractivity contribution in [1.82, 2.24) is 19.7 Å². The maximum Gasteiger partial charge on any atom is 0.336 e. The minimum absolute atomic E-state index is 0.0788. The summed E-state index contributed by atoms with van der Waals surface area (Å²) in [6.07, 6.45) is 0.0637. The Balaban J connectivity index is 1.77. The molecular formula is C27H30N4O5. The van der Waals surface area contributed by atoms with Gasteiger partial charge in [-0.3, -0.25) is 4.79 Å². The molecule has 0 bridgehead atoms. The molecule has 0 saturated heterocycles. The average Bonchev–Trinajstić information content (AvgIpc) is 3.18. The third-order valence-electron chi connectivity index (χ3n) is 5.78. The predicted octanol–water partition coefficient (Wildman–Crippen LogP) is 4.49. The summed E-state index contributed by atoms with van der Waals surface area (Å²) < 4.78 is 12.8. The van der Waals surface area contributed by atoms with Crippen LogP contribution >= 0.6 is 0 Å². The van der Waals surface area contributed by atoms with Gasteiger partial charge in [-0.1, -0.05) is 63.2 Å². The van der Waals surface area contributed by atoms with Crippen LogP contribution in [0.15, 0.2) is 53.3 Å². The van der Waals surface area contributed by atoms with Gasteiger partial charge in [-0.05, 0) is 35.1 Å². The number of hydrogen-bond donors (Lipinski definition) is 2. The van der Waals surface area contributed by atoms with E-state index in [1.54, 1.807) is 25.1 Å². The van der Waals surface area contributed by atoms with Crippen molar-refractivity contribution in [3.8, 4) is 17.0 Å². The van der Waals surface area contributed by atoms with Crippen molar-refractivity contribution in [2.24, 2.45) is 5.41 Å². The molecule has 9 nitrogen and oxygen atoms in total. The molecule has 0 saturated carbocycles. The second kappa shape index (κ2) is 9.94. The molecule has 2 N–H and O–H groups in total. The zero-order valence-electron chi connectivity index (χ0n) is 21.0. The van der Waals surface area contributed by atoms with Crippen LogP contribution in [0.2, 0.25) is 0 Å². The summed E-state index contributed by atoms with van der Waals surface area (Å²) in [5, 5.41) is 16.1. The molecule has 0 aliphatic carbocycles. The molecule has 2 aromatic heterocycles. The Morgan fingerprint density at radius 1 is 1.14 bits per heavy atom. The first-order valence-corrected chi connectivity index (χ1v) is 11.7. The number of carboxylic acid groups (broad SMARTS) is 1. The van der Waals surface area contributed by atoms with Crippen LogP contribution in [-0.2, 0) is 17.7 Å². The van der Waals surface area contributed by atoms with Crippen LogP contribution in [0.1, 0.15) is 49.4 Å². The standard InChI is InChI=1S/C27H30N4O5/c1-16(35-5)36-25-22-23(24(32)29-30-25)31(21(28-22)14-27(2,3)4)15-17-10-12-18(13-11-17)19-8-6-7-9-20(19)26(33)34/h6-13,16H,14-15H2,1-5H3,(H,29,32)(H,33,34). The van der Waals surface area contributed by atoms with Gasteiger partial charge in [0.2, 0.25) is 0 Å². The van der Waals surface area contributed by atoms with E-state index in [4.69, 9.17) is 14.5 Å². The number of ether oxygens (including phenoxy) is 2. The lowest BCUT2D eigenvalue weighted by atomic mass is 9.92. The lowest BCUT2D eigenvalue weighted by molar-refractivity contribution is -0.0406. The van der Waals surface area contributed by atoms with Crippen LogP contribution in [0.3, 0.4) is 0 Å². The number of nitrogens with zero attached hydrogens (tertiary/aromatic N) is 3. The van der Waals surface area contributed by atoms with Crippen LogP contribution in [0.4, 0.5) is 0 Å².